The van der Waals surface area contributed by atoms with Crippen LogP contribution in [0.5, 0.6) is 0 Å². The lowest BCUT2D eigenvalue weighted by atomic mass is 9.96. The van der Waals surface area contributed by atoms with E-state index >= 15 is 0 Å². The predicted octanol–water partition coefficient (Wildman–Crippen LogP) is 2.54. The molecule has 2 unspecified atom stereocenters. The molecule has 2 aliphatic rings. The topological polar surface area (TPSA) is 59.0 Å². The number of ether oxygens (including phenoxy) is 2. The van der Waals surface area contributed by atoms with Gasteiger partial charge in [-0.1, -0.05) is 12.1 Å². The Morgan fingerprint density at radius 3 is 2.69 bits per heavy atom. The van der Waals surface area contributed by atoms with Gasteiger partial charge in [0.25, 0.3) is 5.91 Å². The van der Waals surface area contributed by atoms with E-state index in [0.717, 1.165) is 12.1 Å². The lowest BCUT2D eigenvalue weighted by molar-refractivity contribution is -0.177. The molecule has 26 heavy (non-hydrogen) atoms. The molecule has 5 nitrogen and oxygen atoms in total. The Balaban J connectivity index is 1.86. The van der Waals surface area contributed by atoms with Gasteiger partial charge in [0.1, 0.15) is 6.10 Å². The highest BCUT2D eigenvalue weighted by Crippen LogP contribution is 2.36. The lowest BCUT2D eigenvalue weighted by Crippen LogP contribution is -2.58. The van der Waals surface area contributed by atoms with Gasteiger partial charge < -0.3 is 19.5 Å². The summed E-state index contributed by atoms with van der Waals surface area (Å²) in [6, 6.07) is 4.92. The molecule has 1 aromatic rings. The van der Waals surface area contributed by atoms with Crippen molar-refractivity contribution in [2.45, 2.75) is 43.8 Å². The summed E-state index contributed by atoms with van der Waals surface area (Å²) in [6.07, 6.45) is -4.96. The highest BCUT2D eigenvalue weighted by molar-refractivity contribution is 5.85. The minimum absolute atomic E-state index is 0.0716. The first-order valence-corrected chi connectivity index (χ1v) is 8.45. The number of alkyl halides is 3. The Morgan fingerprint density at radius 2 is 2.08 bits per heavy atom. The van der Waals surface area contributed by atoms with Gasteiger partial charge in [0.15, 0.2) is 5.60 Å². The van der Waals surface area contributed by atoms with Crippen molar-refractivity contribution in [1.29, 1.82) is 0 Å². The molecule has 1 amide bonds. The van der Waals surface area contributed by atoms with Crippen LogP contribution in [-0.4, -0.2) is 53.4 Å². The predicted molar refractivity (Wildman–Crippen MR) is 86.3 cm³/mol. The third-order valence-corrected chi connectivity index (χ3v) is 4.69. The van der Waals surface area contributed by atoms with Crippen LogP contribution in [0.25, 0.3) is 0 Å². The maximum Gasteiger partial charge on any atom is 0.416 e. The second-order valence-corrected chi connectivity index (χ2v) is 7.51. The Bertz CT molecular complexity index is 683. The number of carbonyl (C=O) groups excluding carboxylic acids is 1. The molecule has 2 saturated heterocycles. The maximum absolute atomic E-state index is 13.0. The van der Waals surface area contributed by atoms with Crippen LogP contribution in [0.15, 0.2) is 24.3 Å². The molecule has 144 valence electrons. The van der Waals surface area contributed by atoms with E-state index < -0.39 is 35.0 Å². The van der Waals surface area contributed by atoms with E-state index in [-0.39, 0.29) is 26.1 Å². The van der Waals surface area contributed by atoms with Crippen molar-refractivity contribution >= 4 is 5.91 Å². The normalized spacial score (nSPS) is 29.0. The Hall–Kier alpha value is -1.64. The molecule has 2 aliphatic heterocycles. The largest absolute Gasteiger partial charge is 0.416 e. The van der Waals surface area contributed by atoms with Crippen molar-refractivity contribution in [3.8, 4) is 0 Å². The van der Waals surface area contributed by atoms with Crippen LogP contribution < -0.4 is 0 Å². The summed E-state index contributed by atoms with van der Waals surface area (Å²) >= 11 is 0. The minimum atomic E-state index is -4.45. The first-order chi connectivity index (χ1) is 12.0. The molecule has 0 saturated carbocycles. The maximum atomic E-state index is 13.0. The number of halogens is 3. The average molecular weight is 373 g/mol. The summed E-state index contributed by atoms with van der Waals surface area (Å²) < 4.78 is 50.0. The van der Waals surface area contributed by atoms with Gasteiger partial charge in [0.05, 0.1) is 30.9 Å². The summed E-state index contributed by atoms with van der Waals surface area (Å²) in [4.78, 5) is 14.2. The summed E-state index contributed by atoms with van der Waals surface area (Å²) in [5.41, 5.74) is -2.75. The van der Waals surface area contributed by atoms with Crippen LogP contribution in [0.4, 0.5) is 13.2 Å². The molecule has 0 radical (unpaired) electrons. The number of amides is 1. The van der Waals surface area contributed by atoms with E-state index in [1.54, 1.807) is 19.9 Å². The molecule has 2 fully saturated rings. The van der Waals surface area contributed by atoms with Gasteiger partial charge >= 0.3 is 6.18 Å². The molecular weight excluding hydrogens is 351 g/mol. The van der Waals surface area contributed by atoms with Gasteiger partial charge in [0, 0.05) is 13.0 Å². The van der Waals surface area contributed by atoms with Crippen LogP contribution in [-0.2, 0) is 20.4 Å². The fourth-order valence-corrected chi connectivity index (χ4v) is 3.44. The first kappa shape index (κ1) is 19.1. The monoisotopic (exact) mass is 373 g/mol. The van der Waals surface area contributed by atoms with Crippen molar-refractivity contribution in [1.82, 2.24) is 4.90 Å². The number of hydrogen-bond acceptors (Lipinski definition) is 4. The lowest BCUT2D eigenvalue weighted by Gasteiger charge is -2.44. The summed E-state index contributed by atoms with van der Waals surface area (Å²) in [6.45, 7) is 4.07. The Morgan fingerprint density at radius 1 is 1.35 bits per heavy atom. The fraction of sp³-hybridized carbons (Fsp3) is 0.611. The number of morpholine rings is 1. The van der Waals surface area contributed by atoms with E-state index in [1.165, 1.54) is 11.0 Å². The van der Waals surface area contributed by atoms with E-state index in [2.05, 4.69) is 0 Å². The van der Waals surface area contributed by atoms with Crippen LogP contribution in [0.3, 0.4) is 0 Å². The van der Waals surface area contributed by atoms with Crippen molar-refractivity contribution in [3.63, 3.8) is 0 Å². The fourth-order valence-electron chi connectivity index (χ4n) is 3.44. The molecule has 3 rings (SSSR count). The second kappa shape index (κ2) is 6.51. The van der Waals surface area contributed by atoms with E-state index in [0.29, 0.717) is 12.2 Å². The van der Waals surface area contributed by atoms with Crippen LogP contribution in [0.2, 0.25) is 0 Å². The minimum Gasteiger partial charge on any atom is -0.378 e. The van der Waals surface area contributed by atoms with Gasteiger partial charge in [-0.3, -0.25) is 4.79 Å². The van der Waals surface area contributed by atoms with Gasteiger partial charge in [-0.15, -0.1) is 0 Å². The number of hydrogen-bond donors (Lipinski definition) is 1. The highest BCUT2D eigenvalue weighted by atomic mass is 19.4. The Labute approximate surface area is 149 Å². The molecule has 0 bridgehead atoms. The zero-order valence-electron chi connectivity index (χ0n) is 14.7. The smallest absolute Gasteiger partial charge is 0.378 e. The molecule has 0 aliphatic carbocycles. The number of aliphatic hydroxyl groups is 1. The molecule has 2 heterocycles. The van der Waals surface area contributed by atoms with E-state index in [9.17, 15) is 23.1 Å². The number of rotatable bonds is 2. The summed E-state index contributed by atoms with van der Waals surface area (Å²) in [7, 11) is 0. The Kier molecular flexibility index (Phi) is 4.79. The van der Waals surface area contributed by atoms with Crippen molar-refractivity contribution in [2.24, 2.45) is 0 Å². The molecular formula is C18H22F3NO4. The third-order valence-electron chi connectivity index (χ3n) is 4.69. The SMILES string of the molecule is CC1(C)CN(C(=O)C2(O)CCOC2)CC(c2cccc(C(F)(F)F)c2)O1. The summed E-state index contributed by atoms with van der Waals surface area (Å²) in [5, 5.41) is 10.5. The third kappa shape index (κ3) is 3.87. The number of nitrogens with zero attached hydrogens (tertiary/aromatic N) is 1. The zero-order chi connectivity index (χ0) is 19.2. The van der Waals surface area contributed by atoms with Crippen molar-refractivity contribution in [3.05, 3.63) is 35.4 Å². The van der Waals surface area contributed by atoms with Crippen molar-refractivity contribution in [2.75, 3.05) is 26.3 Å². The van der Waals surface area contributed by atoms with Crippen LogP contribution in [0, 0.1) is 0 Å². The van der Waals surface area contributed by atoms with E-state index in [4.69, 9.17) is 9.47 Å². The van der Waals surface area contributed by atoms with Gasteiger partial charge in [-0.25, -0.2) is 0 Å². The zero-order valence-corrected chi connectivity index (χ0v) is 14.7. The van der Waals surface area contributed by atoms with E-state index in [1.807, 2.05) is 0 Å². The van der Waals surface area contributed by atoms with Crippen molar-refractivity contribution < 1.29 is 32.5 Å². The molecule has 8 heteroatoms. The molecule has 2 atom stereocenters. The molecule has 0 spiro atoms. The number of benzene rings is 1. The van der Waals surface area contributed by atoms with Gasteiger partial charge in [-0.05, 0) is 31.5 Å². The molecule has 0 aromatic heterocycles. The van der Waals surface area contributed by atoms with Gasteiger partial charge in [0.2, 0.25) is 0 Å². The quantitative estimate of drug-likeness (QED) is 0.866. The number of carbonyl (C=O) groups is 1. The standard InChI is InChI=1S/C18H22F3NO4/c1-16(2)10-22(15(23)17(24)6-7-25-11-17)9-14(26-16)12-4-3-5-13(8-12)18(19,20)21/h3-5,8,14,24H,6-7,9-11H2,1-2H3. The second-order valence-electron chi connectivity index (χ2n) is 7.51. The molecule has 1 N–H and O–H groups in total. The first-order valence-electron chi connectivity index (χ1n) is 8.45. The van der Waals surface area contributed by atoms with Crippen LogP contribution in [0.1, 0.15) is 37.5 Å². The van der Waals surface area contributed by atoms with Gasteiger partial charge in [-0.2, -0.15) is 13.2 Å². The molecule has 1 aromatic carbocycles. The highest BCUT2D eigenvalue weighted by Gasteiger charge is 2.46. The summed E-state index contributed by atoms with van der Waals surface area (Å²) in [5.74, 6) is -0.469. The average Bonchev–Trinajstić information content (AvgIpc) is 3.00. The van der Waals surface area contributed by atoms with Crippen LogP contribution >= 0.6 is 0 Å².